The zero-order chi connectivity index (χ0) is 14.9. The Kier molecular flexibility index (Phi) is 4.02. The third kappa shape index (κ3) is 2.37. The lowest BCUT2D eigenvalue weighted by Gasteiger charge is -2.42. The van der Waals surface area contributed by atoms with E-state index in [-0.39, 0.29) is 0 Å². The van der Waals surface area contributed by atoms with E-state index in [1.165, 1.54) is 0 Å². The van der Waals surface area contributed by atoms with Crippen molar-refractivity contribution < 1.29 is 9.84 Å². The summed E-state index contributed by atoms with van der Waals surface area (Å²) in [5.41, 5.74) is 7.44. The zero-order valence-electron chi connectivity index (χ0n) is 11.6. The lowest BCUT2D eigenvalue weighted by molar-refractivity contribution is 0.0530. The van der Waals surface area contributed by atoms with E-state index >= 15 is 0 Å². The van der Waals surface area contributed by atoms with E-state index < -0.39 is 11.5 Å². The molecule has 0 saturated heterocycles. The van der Waals surface area contributed by atoms with Crippen molar-refractivity contribution >= 4 is 15.9 Å². The second-order valence-electron chi connectivity index (χ2n) is 5.38. The average molecular weight is 348 g/mol. The topological polar surface area (TPSA) is 55.5 Å². The number of halogens is 1. The van der Waals surface area contributed by atoms with Crippen LogP contribution >= 0.6 is 15.9 Å². The molecule has 4 heteroatoms. The van der Waals surface area contributed by atoms with Crippen LogP contribution in [0.4, 0.5) is 0 Å². The quantitative estimate of drug-likeness (QED) is 0.896. The Balaban J connectivity index is 2.12. The van der Waals surface area contributed by atoms with Gasteiger partial charge in [-0.3, -0.25) is 0 Å². The number of aliphatic hydroxyl groups excluding tert-OH is 1. The van der Waals surface area contributed by atoms with Crippen molar-refractivity contribution in [3.8, 4) is 5.75 Å². The van der Waals surface area contributed by atoms with Gasteiger partial charge < -0.3 is 15.6 Å². The summed E-state index contributed by atoms with van der Waals surface area (Å²) in [6, 6.07) is 15.6. The van der Waals surface area contributed by atoms with Gasteiger partial charge in [0.1, 0.15) is 5.75 Å². The van der Waals surface area contributed by atoms with Crippen LogP contribution < -0.4 is 10.5 Å². The molecule has 3 N–H and O–H groups in total. The number of ether oxygens (including phenoxy) is 1. The lowest BCUT2D eigenvalue weighted by Crippen LogP contribution is -2.45. The fourth-order valence-electron chi connectivity index (χ4n) is 3.08. The minimum absolute atomic E-state index is 0.371. The number of para-hydroxylation sites is 1. The number of benzene rings is 2. The van der Waals surface area contributed by atoms with Gasteiger partial charge in [0.25, 0.3) is 0 Å². The average Bonchev–Trinajstić information content (AvgIpc) is 2.54. The molecule has 0 bridgehead atoms. The largest absolute Gasteiger partial charge is 0.493 e. The van der Waals surface area contributed by atoms with Crippen molar-refractivity contribution in [2.45, 2.75) is 17.9 Å². The van der Waals surface area contributed by atoms with Gasteiger partial charge in [0.2, 0.25) is 0 Å². The van der Waals surface area contributed by atoms with E-state index in [4.69, 9.17) is 10.5 Å². The fourth-order valence-corrected chi connectivity index (χ4v) is 3.59. The van der Waals surface area contributed by atoms with Crippen LogP contribution in [0.5, 0.6) is 5.75 Å². The highest BCUT2D eigenvalue weighted by Gasteiger charge is 2.43. The number of aliphatic hydroxyl groups is 1. The van der Waals surface area contributed by atoms with Crippen LogP contribution in [0.25, 0.3) is 0 Å². The van der Waals surface area contributed by atoms with Crippen LogP contribution in [0.1, 0.15) is 23.7 Å². The molecule has 0 aliphatic carbocycles. The third-order valence-electron chi connectivity index (χ3n) is 4.32. The zero-order valence-corrected chi connectivity index (χ0v) is 13.2. The first-order valence-corrected chi connectivity index (χ1v) is 7.83. The van der Waals surface area contributed by atoms with Gasteiger partial charge in [-0.2, -0.15) is 0 Å². The molecule has 2 atom stereocenters. The summed E-state index contributed by atoms with van der Waals surface area (Å²) in [5.74, 6) is 0.820. The fraction of sp³-hybridized carbons (Fsp3) is 0.294. The molecular formula is C17H18BrNO2. The number of hydrogen-bond donors (Lipinski definition) is 2. The highest BCUT2D eigenvalue weighted by atomic mass is 79.9. The van der Waals surface area contributed by atoms with E-state index in [1.54, 1.807) is 0 Å². The van der Waals surface area contributed by atoms with Gasteiger partial charge in [0.15, 0.2) is 0 Å². The van der Waals surface area contributed by atoms with Gasteiger partial charge in [0.05, 0.1) is 12.7 Å². The van der Waals surface area contributed by atoms with Crippen molar-refractivity contribution in [1.82, 2.24) is 0 Å². The third-order valence-corrected chi connectivity index (χ3v) is 5.04. The Labute approximate surface area is 132 Å². The smallest absolute Gasteiger partial charge is 0.123 e. The van der Waals surface area contributed by atoms with E-state index in [9.17, 15) is 5.11 Å². The van der Waals surface area contributed by atoms with Crippen molar-refractivity contribution in [2.24, 2.45) is 5.73 Å². The predicted molar refractivity (Wildman–Crippen MR) is 86.4 cm³/mol. The van der Waals surface area contributed by atoms with E-state index in [2.05, 4.69) is 15.9 Å². The number of nitrogens with two attached hydrogens (primary N) is 1. The second-order valence-corrected chi connectivity index (χ2v) is 6.23. The minimum atomic E-state index is -0.678. The first kappa shape index (κ1) is 14.6. The van der Waals surface area contributed by atoms with Gasteiger partial charge in [0, 0.05) is 22.0 Å². The molecule has 2 aromatic carbocycles. The molecule has 0 saturated carbocycles. The molecule has 1 heterocycles. The van der Waals surface area contributed by atoms with Crippen molar-refractivity contribution in [3.63, 3.8) is 0 Å². The van der Waals surface area contributed by atoms with E-state index in [0.717, 1.165) is 21.3 Å². The van der Waals surface area contributed by atoms with Crippen molar-refractivity contribution in [3.05, 3.63) is 64.1 Å². The van der Waals surface area contributed by atoms with Crippen LogP contribution in [-0.4, -0.2) is 18.3 Å². The van der Waals surface area contributed by atoms with Gasteiger partial charge in [-0.05, 0) is 24.1 Å². The van der Waals surface area contributed by atoms with Gasteiger partial charge >= 0.3 is 0 Å². The molecule has 3 rings (SSSR count). The summed E-state index contributed by atoms with van der Waals surface area (Å²) in [5, 5.41) is 11.1. The monoisotopic (exact) mass is 347 g/mol. The molecule has 3 nitrogen and oxygen atoms in total. The van der Waals surface area contributed by atoms with Crippen LogP contribution in [0, 0.1) is 0 Å². The van der Waals surface area contributed by atoms with Gasteiger partial charge in [-0.25, -0.2) is 0 Å². The highest BCUT2D eigenvalue weighted by molar-refractivity contribution is 9.10. The first-order chi connectivity index (χ1) is 10.2. The number of rotatable bonds is 3. The van der Waals surface area contributed by atoms with Crippen LogP contribution in [0.15, 0.2) is 53.0 Å². The lowest BCUT2D eigenvalue weighted by atomic mass is 9.69. The first-order valence-electron chi connectivity index (χ1n) is 7.04. The molecule has 110 valence electrons. The molecular weight excluding hydrogens is 330 g/mol. The minimum Gasteiger partial charge on any atom is -0.493 e. The van der Waals surface area contributed by atoms with E-state index in [1.807, 2.05) is 48.5 Å². The normalized spacial score (nSPS) is 22.2. The molecule has 21 heavy (non-hydrogen) atoms. The molecule has 2 unspecified atom stereocenters. The predicted octanol–water partition coefficient (Wildman–Crippen LogP) is 3.16. The summed E-state index contributed by atoms with van der Waals surface area (Å²) < 4.78 is 6.62. The van der Waals surface area contributed by atoms with Crippen molar-refractivity contribution in [2.75, 3.05) is 13.2 Å². The number of hydrogen-bond acceptors (Lipinski definition) is 3. The maximum absolute atomic E-state index is 11.1. The van der Waals surface area contributed by atoms with Crippen LogP contribution in [-0.2, 0) is 5.41 Å². The molecule has 0 aromatic heterocycles. The van der Waals surface area contributed by atoms with Crippen molar-refractivity contribution in [1.29, 1.82) is 0 Å². The Morgan fingerprint density at radius 1 is 1.19 bits per heavy atom. The van der Waals surface area contributed by atoms with Gasteiger partial charge in [-0.15, -0.1) is 0 Å². The maximum Gasteiger partial charge on any atom is 0.123 e. The van der Waals surface area contributed by atoms with E-state index in [0.29, 0.717) is 19.6 Å². The summed E-state index contributed by atoms with van der Waals surface area (Å²) in [6.45, 7) is 0.936. The van der Waals surface area contributed by atoms with Crippen LogP contribution in [0.3, 0.4) is 0 Å². The number of fused-ring (bicyclic) bond motifs is 1. The molecule has 1 aliphatic rings. The standard InChI is InChI=1S/C17H18BrNO2/c18-14-7-3-1-5-12(14)16(20)17(11-19)9-10-21-15-8-4-2-6-13(15)17/h1-8,16,20H,9-11,19H2. The molecule has 2 aromatic rings. The van der Waals surface area contributed by atoms with Crippen LogP contribution in [0.2, 0.25) is 0 Å². The molecule has 0 radical (unpaired) electrons. The summed E-state index contributed by atoms with van der Waals surface area (Å²) in [7, 11) is 0. The summed E-state index contributed by atoms with van der Waals surface area (Å²) >= 11 is 3.52. The summed E-state index contributed by atoms with van der Waals surface area (Å²) in [4.78, 5) is 0. The SMILES string of the molecule is NCC1(C(O)c2ccccc2Br)CCOc2ccccc21. The Morgan fingerprint density at radius 2 is 1.90 bits per heavy atom. The maximum atomic E-state index is 11.1. The summed E-state index contributed by atoms with van der Waals surface area (Å²) in [6.07, 6.45) is 0.0198. The Morgan fingerprint density at radius 3 is 2.67 bits per heavy atom. The van der Waals surface area contributed by atoms with Gasteiger partial charge in [-0.1, -0.05) is 52.3 Å². The Hall–Kier alpha value is -1.36. The molecule has 0 fully saturated rings. The molecule has 0 spiro atoms. The molecule has 1 aliphatic heterocycles. The second kappa shape index (κ2) is 5.79. The molecule has 0 amide bonds. The highest BCUT2D eigenvalue weighted by Crippen LogP contribution is 2.47. The Bertz CT molecular complexity index is 646.